The molecule has 0 aromatic heterocycles. The molecule has 322 valence electrons. The number of unbranched alkanes of at least 4 members (excludes halogenated alkanes) is 1. The standard InChI is InChI=1S/C50H59N3O8/c1-6-7-8-33-10-13-35(14-11-33)36-15-17-37(18-16-36)43(55)20-9-30(2)46(58)29-39(23-24-51)50(61)53(5)48-38-19-22-45(57)41(28-38)40-26-34(12-21-44(40)56)27-42(32(4)54)52-49(60)31(3)25-47(48)59/h10-19,21-22,26,28,30-31,39,42,48,56-57H,6-9,20,23-25,27,29,51H2,1-5H3,(H,52,60)/t30?,31-,39-,42+,48+/m1/s1. The minimum absolute atomic E-state index is 0.0872. The van der Waals surface area contributed by atoms with Crippen molar-refractivity contribution in [1.29, 1.82) is 0 Å². The van der Waals surface area contributed by atoms with Gasteiger partial charge in [-0.2, -0.15) is 0 Å². The molecule has 4 bridgehead atoms. The highest BCUT2D eigenvalue weighted by Crippen LogP contribution is 2.39. The van der Waals surface area contributed by atoms with Crippen molar-refractivity contribution in [3.8, 4) is 33.8 Å². The van der Waals surface area contributed by atoms with Gasteiger partial charge in [-0.25, -0.2) is 0 Å². The molecule has 1 unspecified atom stereocenters. The number of aryl methyl sites for hydroxylation is 1. The summed E-state index contributed by atoms with van der Waals surface area (Å²) < 4.78 is 0. The van der Waals surface area contributed by atoms with E-state index in [2.05, 4.69) is 36.5 Å². The van der Waals surface area contributed by atoms with Crippen LogP contribution in [0.2, 0.25) is 0 Å². The second kappa shape index (κ2) is 21.0. The second-order valence-corrected chi connectivity index (χ2v) is 16.6. The van der Waals surface area contributed by atoms with Gasteiger partial charge in [-0.3, -0.25) is 28.8 Å². The zero-order valence-corrected chi connectivity index (χ0v) is 35.9. The summed E-state index contributed by atoms with van der Waals surface area (Å²) in [5.41, 5.74) is 11.3. The molecule has 5 atom stereocenters. The normalized spacial score (nSPS) is 17.7. The molecular formula is C50H59N3O8. The minimum Gasteiger partial charge on any atom is -0.507 e. The number of carbonyl (C=O) groups excluding carboxylic acids is 6. The van der Waals surface area contributed by atoms with E-state index in [1.807, 2.05) is 12.1 Å². The van der Waals surface area contributed by atoms with Gasteiger partial charge in [0.1, 0.15) is 23.3 Å². The van der Waals surface area contributed by atoms with Crippen LogP contribution >= 0.6 is 0 Å². The van der Waals surface area contributed by atoms with E-state index in [0.29, 0.717) is 16.7 Å². The van der Waals surface area contributed by atoms with E-state index >= 15 is 0 Å². The number of aromatic hydroxyl groups is 2. The van der Waals surface area contributed by atoms with Crippen LogP contribution in [0.25, 0.3) is 22.3 Å². The summed E-state index contributed by atoms with van der Waals surface area (Å²) in [5, 5.41) is 24.7. The van der Waals surface area contributed by atoms with Gasteiger partial charge in [-0.1, -0.05) is 87.9 Å². The quantitative estimate of drug-likeness (QED) is 0.0821. The van der Waals surface area contributed by atoms with E-state index in [-0.39, 0.29) is 85.0 Å². The van der Waals surface area contributed by atoms with Gasteiger partial charge >= 0.3 is 0 Å². The Balaban J connectivity index is 1.32. The summed E-state index contributed by atoms with van der Waals surface area (Å²) >= 11 is 0. The molecule has 1 aliphatic heterocycles. The average Bonchev–Trinajstić information content (AvgIpc) is 3.25. The molecular weight excluding hydrogens is 771 g/mol. The lowest BCUT2D eigenvalue weighted by Gasteiger charge is -2.32. The molecule has 4 aromatic rings. The van der Waals surface area contributed by atoms with Crippen molar-refractivity contribution < 1.29 is 39.0 Å². The van der Waals surface area contributed by atoms with Crippen molar-refractivity contribution in [2.45, 2.75) is 97.6 Å². The zero-order valence-electron chi connectivity index (χ0n) is 35.9. The van der Waals surface area contributed by atoms with E-state index in [0.717, 1.165) is 30.4 Å². The third-order valence-corrected chi connectivity index (χ3v) is 11.9. The number of nitrogens with zero attached hydrogens (tertiary/aromatic N) is 1. The Hall–Kier alpha value is -5.94. The molecule has 1 aliphatic rings. The smallest absolute Gasteiger partial charge is 0.226 e. The van der Waals surface area contributed by atoms with E-state index < -0.39 is 47.4 Å². The number of Topliss-reactive ketones (excluding diaryl/α,β-unsaturated/α-hetero) is 4. The Bertz CT molecular complexity index is 2230. The van der Waals surface area contributed by atoms with Crippen molar-refractivity contribution in [1.82, 2.24) is 10.2 Å². The maximum absolute atomic E-state index is 14.4. The highest BCUT2D eigenvalue weighted by molar-refractivity contribution is 5.98. The lowest BCUT2D eigenvalue weighted by molar-refractivity contribution is -0.144. The first-order valence-electron chi connectivity index (χ1n) is 21.3. The summed E-state index contributed by atoms with van der Waals surface area (Å²) in [6.07, 6.45) is 3.60. The number of nitrogens with two attached hydrogens (primary N) is 1. The molecule has 2 amide bonds. The number of rotatable bonds is 16. The van der Waals surface area contributed by atoms with Crippen LogP contribution in [0.1, 0.15) is 106 Å². The lowest BCUT2D eigenvalue weighted by atomic mass is 9.87. The Labute approximate surface area is 358 Å². The van der Waals surface area contributed by atoms with Crippen LogP contribution < -0.4 is 11.1 Å². The highest BCUT2D eigenvalue weighted by Gasteiger charge is 2.36. The van der Waals surface area contributed by atoms with Gasteiger partial charge in [0.2, 0.25) is 11.8 Å². The first kappa shape index (κ1) is 46.1. The van der Waals surface area contributed by atoms with Crippen molar-refractivity contribution in [2.24, 2.45) is 23.5 Å². The predicted octanol–water partition coefficient (Wildman–Crippen LogP) is 7.72. The van der Waals surface area contributed by atoms with Crippen LogP contribution in [0.5, 0.6) is 11.5 Å². The van der Waals surface area contributed by atoms with Crippen LogP contribution in [0.15, 0.2) is 84.9 Å². The van der Waals surface area contributed by atoms with Crippen molar-refractivity contribution in [3.63, 3.8) is 0 Å². The number of fused-ring (bicyclic) bond motifs is 5. The van der Waals surface area contributed by atoms with E-state index in [1.165, 1.54) is 48.7 Å². The molecule has 11 heteroatoms. The predicted molar refractivity (Wildman–Crippen MR) is 236 cm³/mol. The molecule has 1 heterocycles. The number of benzene rings is 4. The summed E-state index contributed by atoms with van der Waals surface area (Å²) in [6.45, 7) is 6.93. The third kappa shape index (κ3) is 11.7. The molecule has 5 rings (SSSR count). The van der Waals surface area contributed by atoms with Gasteiger partial charge in [0.05, 0.1) is 6.04 Å². The largest absolute Gasteiger partial charge is 0.507 e. The molecule has 11 nitrogen and oxygen atoms in total. The monoisotopic (exact) mass is 829 g/mol. The first-order chi connectivity index (χ1) is 29.1. The molecule has 0 saturated carbocycles. The van der Waals surface area contributed by atoms with Gasteiger partial charge in [-0.05, 0) is 97.7 Å². The first-order valence-corrected chi connectivity index (χ1v) is 21.3. The van der Waals surface area contributed by atoms with Crippen LogP contribution in [0.4, 0.5) is 0 Å². The fourth-order valence-corrected chi connectivity index (χ4v) is 7.96. The van der Waals surface area contributed by atoms with Gasteiger partial charge in [-0.15, -0.1) is 0 Å². The van der Waals surface area contributed by atoms with Gasteiger partial charge < -0.3 is 26.2 Å². The number of nitrogens with one attached hydrogen (secondary N) is 1. The number of ketones is 4. The fourth-order valence-electron chi connectivity index (χ4n) is 7.96. The second-order valence-electron chi connectivity index (χ2n) is 16.6. The topological polar surface area (TPSA) is 184 Å². The Morgan fingerprint density at radius 1 is 0.852 bits per heavy atom. The van der Waals surface area contributed by atoms with Gasteiger partial charge in [0.15, 0.2) is 17.3 Å². The SMILES string of the molecule is CCCCc1ccc(-c2ccc(C(=O)CCC(C)C(=O)C[C@@H](CCN)C(=O)N(C)[C@@H]3C(=O)C[C@@H](C)C(=O)N[C@H](C(C)=O)Cc4ccc(O)c(c4)-c4cc3ccc4O)cc2)cc1. The van der Waals surface area contributed by atoms with Crippen LogP contribution in [0, 0.1) is 17.8 Å². The summed E-state index contributed by atoms with van der Waals surface area (Å²) in [6, 6.07) is 22.9. The molecule has 0 aliphatic carbocycles. The van der Waals surface area contributed by atoms with Crippen molar-refractivity contribution >= 4 is 34.9 Å². The molecule has 0 spiro atoms. The van der Waals surface area contributed by atoms with E-state index in [4.69, 9.17) is 5.73 Å². The number of amides is 2. The minimum atomic E-state index is -1.25. The van der Waals surface area contributed by atoms with Crippen molar-refractivity contribution in [2.75, 3.05) is 13.6 Å². The van der Waals surface area contributed by atoms with Crippen LogP contribution in [-0.2, 0) is 36.8 Å². The van der Waals surface area contributed by atoms with E-state index in [1.54, 1.807) is 38.1 Å². The van der Waals surface area contributed by atoms with E-state index in [9.17, 15) is 39.0 Å². The van der Waals surface area contributed by atoms with Gasteiger partial charge in [0.25, 0.3) is 0 Å². The Kier molecular flexibility index (Phi) is 15.9. The Morgan fingerprint density at radius 2 is 1.48 bits per heavy atom. The molecule has 0 radical (unpaired) electrons. The average molecular weight is 830 g/mol. The number of likely N-dealkylation sites (N-methyl/N-ethyl adjacent to an activating group) is 1. The number of phenolic OH excluding ortho intramolecular Hbond substituents is 2. The number of hydrogen-bond donors (Lipinski definition) is 4. The summed E-state index contributed by atoms with van der Waals surface area (Å²) in [7, 11) is 1.46. The number of carbonyl (C=O) groups is 6. The van der Waals surface area contributed by atoms with Crippen LogP contribution in [0.3, 0.4) is 0 Å². The Morgan fingerprint density at radius 3 is 2.10 bits per heavy atom. The fraction of sp³-hybridized carbons (Fsp3) is 0.400. The molecule has 61 heavy (non-hydrogen) atoms. The molecule has 4 aromatic carbocycles. The molecule has 0 fully saturated rings. The zero-order chi connectivity index (χ0) is 44.4. The summed E-state index contributed by atoms with van der Waals surface area (Å²) in [4.78, 5) is 82.8. The highest BCUT2D eigenvalue weighted by atomic mass is 16.3. The van der Waals surface area contributed by atoms with Gasteiger partial charge in [0, 0.05) is 60.8 Å². The van der Waals surface area contributed by atoms with Crippen LogP contribution in [-0.4, -0.2) is 69.7 Å². The lowest BCUT2D eigenvalue weighted by Crippen LogP contribution is -2.45. The maximum Gasteiger partial charge on any atom is 0.226 e. The number of phenols is 2. The molecule has 5 N–H and O–H groups in total. The number of hydrogen-bond acceptors (Lipinski definition) is 9. The van der Waals surface area contributed by atoms with Crippen molar-refractivity contribution in [3.05, 3.63) is 107 Å². The summed E-state index contributed by atoms with van der Waals surface area (Å²) in [5.74, 6) is -4.75. The molecule has 0 saturated heterocycles. The third-order valence-electron chi connectivity index (χ3n) is 11.9. The maximum atomic E-state index is 14.4.